The first-order valence-corrected chi connectivity index (χ1v) is 8.53. The topological polar surface area (TPSA) is 81.7 Å². The van der Waals surface area contributed by atoms with Crippen LogP contribution in [-0.2, 0) is 19.1 Å². The second-order valence-corrected chi connectivity index (χ2v) is 6.50. The van der Waals surface area contributed by atoms with E-state index in [4.69, 9.17) is 44.3 Å². The van der Waals surface area contributed by atoms with Gasteiger partial charge in [0.15, 0.2) is 0 Å². The summed E-state index contributed by atoms with van der Waals surface area (Å²) in [6.45, 7) is 3.50. The van der Waals surface area contributed by atoms with Crippen LogP contribution in [0.25, 0.3) is 0 Å². The average Bonchev–Trinajstić information content (AvgIpc) is 2.74. The van der Waals surface area contributed by atoms with Crippen molar-refractivity contribution < 1.29 is 23.9 Å². The van der Waals surface area contributed by atoms with Gasteiger partial charge in [-0.25, -0.2) is 4.79 Å². The van der Waals surface area contributed by atoms with E-state index in [1.165, 1.54) is 0 Å². The number of amides is 1. The molecule has 1 aromatic rings. The van der Waals surface area contributed by atoms with Gasteiger partial charge in [0, 0.05) is 0 Å². The van der Waals surface area contributed by atoms with Crippen LogP contribution in [0.2, 0.25) is 14.4 Å². The molecule has 0 aliphatic carbocycles. The van der Waals surface area contributed by atoms with Crippen LogP contribution in [-0.4, -0.2) is 37.1 Å². The summed E-state index contributed by atoms with van der Waals surface area (Å²) in [6, 6.07) is -1.20. The molecular weight excluding hydrogens is 389 g/mol. The smallest absolute Gasteiger partial charge is 0.329 e. The van der Waals surface area contributed by atoms with Gasteiger partial charge in [0.2, 0.25) is 0 Å². The fraction of sp³-hybridized carbons (Fsp3) is 0.462. The zero-order chi connectivity index (χ0) is 17.6. The first kappa shape index (κ1) is 20.0. The van der Waals surface area contributed by atoms with Crippen LogP contribution in [0.3, 0.4) is 0 Å². The van der Waals surface area contributed by atoms with Crippen LogP contribution >= 0.6 is 46.1 Å². The van der Waals surface area contributed by atoms with Crippen molar-refractivity contribution in [2.75, 3.05) is 13.2 Å². The molecule has 1 N–H and O–H groups in total. The Bertz CT molecular complexity index is 605. The van der Waals surface area contributed by atoms with Crippen LogP contribution in [0.5, 0.6) is 0 Å². The molecule has 1 rings (SSSR count). The van der Waals surface area contributed by atoms with Gasteiger partial charge in [-0.15, -0.1) is 11.3 Å². The minimum absolute atomic E-state index is 0.0158. The van der Waals surface area contributed by atoms with Crippen LogP contribution in [0, 0.1) is 0 Å². The molecule has 0 aliphatic heterocycles. The van der Waals surface area contributed by atoms with E-state index in [0.29, 0.717) is 0 Å². The number of rotatable bonds is 7. The second-order valence-electron chi connectivity index (χ2n) is 4.12. The molecule has 6 nitrogen and oxygen atoms in total. The molecular formula is C13H14Cl3NO5S. The molecule has 128 valence electrons. The Morgan fingerprint density at radius 1 is 1.09 bits per heavy atom. The Labute approximate surface area is 152 Å². The summed E-state index contributed by atoms with van der Waals surface area (Å²) in [5.41, 5.74) is 0. The van der Waals surface area contributed by atoms with Gasteiger partial charge in [0.1, 0.15) is 15.3 Å². The molecule has 0 bridgehead atoms. The van der Waals surface area contributed by atoms with Crippen molar-refractivity contribution >= 4 is 64.0 Å². The fourth-order valence-electron chi connectivity index (χ4n) is 1.56. The standard InChI is InChI=1S/C13H14Cl3NO5S/c1-3-21-7(18)5-6(13(20)22-4-2)17-12(19)10-8(14)9(15)11(16)23-10/h6H,3-5H2,1-2H3,(H,17,19)/t6-/m0/s1. The van der Waals surface area contributed by atoms with Gasteiger partial charge in [-0.3, -0.25) is 9.59 Å². The van der Waals surface area contributed by atoms with Crippen molar-refractivity contribution in [2.45, 2.75) is 26.3 Å². The second kappa shape index (κ2) is 9.32. The van der Waals surface area contributed by atoms with Gasteiger partial charge in [-0.2, -0.15) is 0 Å². The molecule has 0 radical (unpaired) electrons. The molecule has 0 fully saturated rings. The van der Waals surface area contributed by atoms with Gasteiger partial charge in [-0.1, -0.05) is 34.8 Å². The summed E-state index contributed by atoms with van der Waals surface area (Å²) in [7, 11) is 0. The zero-order valence-corrected chi connectivity index (χ0v) is 15.4. The van der Waals surface area contributed by atoms with Gasteiger partial charge in [0.05, 0.1) is 29.7 Å². The molecule has 1 atom stereocenters. The molecule has 0 unspecified atom stereocenters. The molecule has 0 aromatic carbocycles. The first-order chi connectivity index (χ1) is 10.8. The summed E-state index contributed by atoms with van der Waals surface area (Å²) in [6.07, 6.45) is -0.358. The monoisotopic (exact) mass is 401 g/mol. The summed E-state index contributed by atoms with van der Waals surface area (Å²) in [4.78, 5) is 35.7. The molecule has 0 spiro atoms. The SMILES string of the molecule is CCOC(=O)C[C@H](NC(=O)c1sc(Cl)c(Cl)c1Cl)C(=O)OCC. The van der Waals surface area contributed by atoms with Crippen molar-refractivity contribution in [1.82, 2.24) is 5.32 Å². The lowest BCUT2D eigenvalue weighted by Crippen LogP contribution is -2.43. The van der Waals surface area contributed by atoms with E-state index in [9.17, 15) is 14.4 Å². The molecule has 23 heavy (non-hydrogen) atoms. The third-order valence-corrected chi connectivity index (χ3v) is 5.09. The Hall–Kier alpha value is -1.02. The van der Waals surface area contributed by atoms with Crippen molar-refractivity contribution in [3.8, 4) is 0 Å². The van der Waals surface area contributed by atoms with Crippen LogP contribution in [0.15, 0.2) is 0 Å². The lowest BCUT2D eigenvalue weighted by Gasteiger charge is -2.16. The van der Waals surface area contributed by atoms with Crippen molar-refractivity contribution in [3.63, 3.8) is 0 Å². The molecule has 1 heterocycles. The number of carbonyl (C=O) groups is 3. The van der Waals surface area contributed by atoms with Gasteiger partial charge in [0.25, 0.3) is 5.91 Å². The van der Waals surface area contributed by atoms with Gasteiger partial charge in [-0.05, 0) is 13.8 Å². The van der Waals surface area contributed by atoms with E-state index < -0.39 is 23.9 Å². The van der Waals surface area contributed by atoms with Crippen LogP contribution in [0.1, 0.15) is 29.9 Å². The lowest BCUT2D eigenvalue weighted by molar-refractivity contribution is -0.152. The van der Waals surface area contributed by atoms with Gasteiger partial charge < -0.3 is 14.8 Å². The minimum atomic E-state index is -1.20. The molecule has 10 heteroatoms. The van der Waals surface area contributed by atoms with E-state index >= 15 is 0 Å². The number of hydrogen-bond donors (Lipinski definition) is 1. The normalized spacial score (nSPS) is 11.7. The summed E-state index contributed by atoms with van der Waals surface area (Å²) >= 11 is 18.4. The summed E-state index contributed by atoms with van der Waals surface area (Å²) in [5.74, 6) is -2.07. The van der Waals surface area contributed by atoms with E-state index in [-0.39, 0.29) is 38.9 Å². The maximum Gasteiger partial charge on any atom is 0.329 e. The number of carbonyl (C=O) groups excluding carboxylic acids is 3. The van der Waals surface area contributed by atoms with Crippen molar-refractivity contribution in [2.24, 2.45) is 0 Å². The molecule has 1 aromatic heterocycles. The summed E-state index contributed by atoms with van der Waals surface area (Å²) < 4.78 is 9.76. The summed E-state index contributed by atoms with van der Waals surface area (Å²) in [5, 5.41) is 2.42. The highest BCUT2D eigenvalue weighted by Gasteiger charge is 2.28. The fourth-order valence-corrected chi connectivity index (χ4v) is 3.26. The minimum Gasteiger partial charge on any atom is -0.466 e. The number of halogens is 3. The Kier molecular flexibility index (Phi) is 8.11. The number of ether oxygens (including phenoxy) is 2. The first-order valence-electron chi connectivity index (χ1n) is 6.58. The van der Waals surface area contributed by atoms with Crippen LogP contribution in [0.4, 0.5) is 0 Å². The highest BCUT2D eigenvalue weighted by molar-refractivity contribution is 7.19. The Morgan fingerprint density at radius 3 is 2.17 bits per heavy atom. The maximum absolute atomic E-state index is 12.2. The third-order valence-electron chi connectivity index (χ3n) is 2.52. The lowest BCUT2D eigenvalue weighted by atomic mass is 10.2. The molecule has 0 saturated heterocycles. The quantitative estimate of drug-likeness (QED) is 0.708. The maximum atomic E-state index is 12.2. The van der Waals surface area contributed by atoms with E-state index in [0.717, 1.165) is 11.3 Å². The zero-order valence-electron chi connectivity index (χ0n) is 12.3. The number of esters is 2. The molecule has 1 amide bonds. The Morgan fingerprint density at radius 2 is 1.70 bits per heavy atom. The third kappa shape index (κ3) is 5.53. The van der Waals surface area contributed by atoms with Crippen LogP contribution < -0.4 is 5.32 Å². The molecule has 0 aliphatic rings. The highest BCUT2D eigenvalue weighted by Crippen LogP contribution is 2.40. The predicted molar refractivity (Wildman–Crippen MR) is 88.5 cm³/mol. The van der Waals surface area contributed by atoms with E-state index in [2.05, 4.69) is 5.32 Å². The molecule has 0 saturated carbocycles. The number of hydrogen-bond acceptors (Lipinski definition) is 6. The Balaban J connectivity index is 2.90. The van der Waals surface area contributed by atoms with Gasteiger partial charge >= 0.3 is 11.9 Å². The van der Waals surface area contributed by atoms with Crippen molar-refractivity contribution in [3.05, 3.63) is 19.3 Å². The van der Waals surface area contributed by atoms with E-state index in [1.54, 1.807) is 13.8 Å². The number of thiophene rings is 1. The predicted octanol–water partition coefficient (Wildman–Crippen LogP) is 3.32. The average molecular weight is 403 g/mol. The van der Waals surface area contributed by atoms with Crippen molar-refractivity contribution in [1.29, 1.82) is 0 Å². The largest absolute Gasteiger partial charge is 0.466 e. The highest BCUT2D eigenvalue weighted by atomic mass is 35.5. The number of nitrogens with one attached hydrogen (secondary N) is 1. The van der Waals surface area contributed by atoms with E-state index in [1.807, 2.05) is 0 Å².